The summed E-state index contributed by atoms with van der Waals surface area (Å²) >= 11 is 0. The van der Waals surface area contributed by atoms with Crippen molar-refractivity contribution in [2.45, 2.75) is 45.3 Å². The number of benzene rings is 1. The number of sulfone groups is 1. The second-order valence-corrected chi connectivity index (χ2v) is 9.34. The highest BCUT2D eigenvalue weighted by molar-refractivity contribution is 7.90. The molecule has 0 fully saturated rings. The van der Waals surface area contributed by atoms with Crippen LogP contribution in [0.25, 0.3) is 0 Å². The number of fused-ring (bicyclic) bond motifs is 1. The van der Waals surface area contributed by atoms with Crippen LogP contribution in [-0.2, 0) is 27.7 Å². The smallest absolute Gasteiger partial charge is 0.223 e. The lowest BCUT2D eigenvalue weighted by Crippen LogP contribution is -2.43. The molecule has 1 unspecified atom stereocenters. The van der Waals surface area contributed by atoms with Crippen molar-refractivity contribution in [2.24, 2.45) is 4.99 Å². The normalized spacial score (nSPS) is 15.4. The Morgan fingerprint density at radius 1 is 1.26 bits per heavy atom. The number of rotatable bonds is 8. The third kappa shape index (κ3) is 7.21. The maximum Gasteiger partial charge on any atom is 0.223 e. The summed E-state index contributed by atoms with van der Waals surface area (Å²) in [6.45, 7) is 3.95. The fourth-order valence-electron chi connectivity index (χ4n) is 3.01. The van der Waals surface area contributed by atoms with Gasteiger partial charge < -0.3 is 15.5 Å². The molecule has 150 valence electrons. The van der Waals surface area contributed by atoms with E-state index >= 15 is 0 Å². The molecule has 1 aliphatic heterocycles. The molecule has 27 heavy (non-hydrogen) atoms. The minimum absolute atomic E-state index is 0.00402. The summed E-state index contributed by atoms with van der Waals surface area (Å²) in [5.74, 6) is 0.930. The number of amides is 1. The summed E-state index contributed by atoms with van der Waals surface area (Å²) in [7, 11) is -1.29. The summed E-state index contributed by atoms with van der Waals surface area (Å²) in [5.41, 5.74) is 2.47. The van der Waals surface area contributed by atoms with Gasteiger partial charge in [0.2, 0.25) is 5.91 Å². The first-order valence-electron chi connectivity index (χ1n) is 9.28. The zero-order valence-corrected chi connectivity index (χ0v) is 17.2. The van der Waals surface area contributed by atoms with Gasteiger partial charge in [0.25, 0.3) is 0 Å². The largest absolute Gasteiger partial charge is 0.356 e. The molecular weight excluding hydrogens is 364 g/mol. The van der Waals surface area contributed by atoms with Gasteiger partial charge in [-0.3, -0.25) is 9.79 Å². The molecular formula is C19H30N4O3S. The van der Waals surface area contributed by atoms with Crippen LogP contribution in [0.5, 0.6) is 0 Å². The highest BCUT2D eigenvalue weighted by Crippen LogP contribution is 2.22. The number of guanidine groups is 1. The average molecular weight is 395 g/mol. The molecule has 7 nitrogen and oxygen atoms in total. The summed E-state index contributed by atoms with van der Waals surface area (Å²) in [4.78, 5) is 18.4. The van der Waals surface area contributed by atoms with Crippen molar-refractivity contribution in [3.63, 3.8) is 0 Å². The van der Waals surface area contributed by atoms with Gasteiger partial charge in [0.1, 0.15) is 9.84 Å². The molecule has 1 atom stereocenters. The third-order valence-electron chi connectivity index (χ3n) is 4.58. The van der Waals surface area contributed by atoms with Gasteiger partial charge in [-0.2, -0.15) is 0 Å². The lowest BCUT2D eigenvalue weighted by molar-refractivity contribution is -0.131. The molecule has 0 aromatic heterocycles. The summed E-state index contributed by atoms with van der Waals surface area (Å²) in [6.07, 6.45) is 2.96. The predicted octanol–water partition coefficient (Wildman–Crippen LogP) is 1.30. The van der Waals surface area contributed by atoms with Gasteiger partial charge >= 0.3 is 0 Å². The van der Waals surface area contributed by atoms with E-state index in [0.717, 1.165) is 0 Å². The molecule has 0 saturated heterocycles. The third-order valence-corrected chi connectivity index (χ3v) is 5.56. The van der Waals surface area contributed by atoms with Gasteiger partial charge in [-0.15, -0.1) is 0 Å². The summed E-state index contributed by atoms with van der Waals surface area (Å²) < 4.78 is 22.5. The Morgan fingerprint density at radius 3 is 2.44 bits per heavy atom. The maximum atomic E-state index is 12.4. The molecule has 1 aromatic rings. The Morgan fingerprint density at radius 2 is 1.89 bits per heavy atom. The first-order valence-corrected chi connectivity index (χ1v) is 11.3. The molecule has 2 N–H and O–H groups in total. The molecule has 0 saturated carbocycles. The number of hydrogen-bond acceptors (Lipinski definition) is 4. The van der Waals surface area contributed by atoms with Crippen molar-refractivity contribution in [3.8, 4) is 0 Å². The number of hydrogen-bond donors (Lipinski definition) is 2. The molecule has 0 aliphatic carbocycles. The first kappa shape index (κ1) is 21.2. The molecule has 0 bridgehead atoms. The number of aliphatic imine (C=N–C) groups is 1. The predicted molar refractivity (Wildman–Crippen MR) is 108 cm³/mol. The van der Waals surface area contributed by atoms with Gasteiger partial charge in [0.15, 0.2) is 5.96 Å². The number of nitrogens with zero attached hydrogens (tertiary/aromatic N) is 2. The number of carbonyl (C=O) groups is 1. The van der Waals surface area contributed by atoms with E-state index in [1.54, 1.807) is 7.05 Å². The maximum absolute atomic E-state index is 12.4. The van der Waals surface area contributed by atoms with Crippen molar-refractivity contribution in [2.75, 3.05) is 25.6 Å². The van der Waals surface area contributed by atoms with Gasteiger partial charge in [0.05, 0.1) is 5.75 Å². The van der Waals surface area contributed by atoms with Crippen LogP contribution in [0.4, 0.5) is 0 Å². The van der Waals surface area contributed by atoms with E-state index in [1.807, 2.05) is 24.0 Å². The zero-order chi connectivity index (χ0) is 19.9. The van der Waals surface area contributed by atoms with E-state index in [9.17, 15) is 13.2 Å². The van der Waals surface area contributed by atoms with E-state index in [0.29, 0.717) is 44.9 Å². The quantitative estimate of drug-likeness (QED) is 0.394. The van der Waals surface area contributed by atoms with E-state index < -0.39 is 9.84 Å². The fourth-order valence-corrected chi connectivity index (χ4v) is 3.79. The molecule has 2 rings (SSSR count). The molecule has 1 amide bonds. The van der Waals surface area contributed by atoms with Gasteiger partial charge in [-0.05, 0) is 30.9 Å². The first-order chi connectivity index (χ1) is 12.8. The van der Waals surface area contributed by atoms with Gasteiger partial charge in [-0.1, -0.05) is 24.3 Å². The minimum Gasteiger partial charge on any atom is -0.356 e. The monoisotopic (exact) mass is 394 g/mol. The average Bonchev–Trinajstić information content (AvgIpc) is 3.06. The lowest BCUT2D eigenvalue weighted by Gasteiger charge is -2.18. The van der Waals surface area contributed by atoms with Crippen molar-refractivity contribution < 1.29 is 13.2 Å². The summed E-state index contributed by atoms with van der Waals surface area (Å²) in [5, 5.41) is 6.35. The SMILES string of the molecule is CN=C(NCCCC(=O)N1Cc2ccccc2C1)NC(C)CCS(C)(=O)=O. The van der Waals surface area contributed by atoms with Crippen LogP contribution < -0.4 is 10.6 Å². The Balaban J connectivity index is 1.66. The topological polar surface area (TPSA) is 90.9 Å². The van der Waals surface area contributed by atoms with Crippen LogP contribution in [0.3, 0.4) is 0 Å². The van der Waals surface area contributed by atoms with E-state index in [2.05, 4.69) is 27.8 Å². The Labute approximate surface area is 162 Å². The van der Waals surface area contributed by atoms with Crippen molar-refractivity contribution in [1.82, 2.24) is 15.5 Å². The molecule has 1 aromatic carbocycles. The van der Waals surface area contributed by atoms with Crippen molar-refractivity contribution >= 4 is 21.7 Å². The van der Waals surface area contributed by atoms with Gasteiger partial charge in [0, 0.05) is 45.4 Å². The van der Waals surface area contributed by atoms with Crippen molar-refractivity contribution in [3.05, 3.63) is 35.4 Å². The Kier molecular flexibility index (Phi) is 7.65. The molecule has 1 aliphatic rings. The number of carbonyl (C=O) groups excluding carboxylic acids is 1. The Hall–Kier alpha value is -2.09. The van der Waals surface area contributed by atoms with Crippen LogP contribution in [0, 0.1) is 0 Å². The van der Waals surface area contributed by atoms with Crippen molar-refractivity contribution in [1.29, 1.82) is 0 Å². The second kappa shape index (κ2) is 9.73. The highest BCUT2D eigenvalue weighted by atomic mass is 32.2. The van der Waals surface area contributed by atoms with Crippen LogP contribution in [0.1, 0.15) is 37.3 Å². The van der Waals surface area contributed by atoms with Crippen LogP contribution in [0.15, 0.2) is 29.3 Å². The van der Waals surface area contributed by atoms with E-state index in [1.165, 1.54) is 17.4 Å². The second-order valence-electron chi connectivity index (χ2n) is 7.08. The molecule has 0 spiro atoms. The fraction of sp³-hybridized carbons (Fsp3) is 0.579. The number of nitrogens with one attached hydrogen (secondary N) is 2. The van der Waals surface area contributed by atoms with Crippen LogP contribution in [0.2, 0.25) is 0 Å². The van der Waals surface area contributed by atoms with E-state index in [-0.39, 0.29) is 17.7 Å². The Bertz CT molecular complexity index is 752. The molecule has 8 heteroatoms. The lowest BCUT2D eigenvalue weighted by atomic mass is 10.1. The summed E-state index contributed by atoms with van der Waals surface area (Å²) in [6, 6.07) is 8.16. The highest BCUT2D eigenvalue weighted by Gasteiger charge is 2.22. The van der Waals surface area contributed by atoms with E-state index in [4.69, 9.17) is 0 Å². The van der Waals surface area contributed by atoms with Gasteiger partial charge in [-0.25, -0.2) is 8.42 Å². The van der Waals surface area contributed by atoms with Crippen LogP contribution in [-0.4, -0.2) is 56.8 Å². The standard InChI is InChI=1S/C19H30N4O3S/c1-15(10-12-27(3,25)26)22-19(20-2)21-11-6-9-18(24)23-13-16-7-4-5-8-17(16)14-23/h4-5,7-8,15H,6,9-14H2,1-3H3,(H2,20,21,22). The zero-order valence-electron chi connectivity index (χ0n) is 16.4. The molecule has 0 radical (unpaired) electrons. The minimum atomic E-state index is -2.96. The van der Waals surface area contributed by atoms with Crippen LogP contribution >= 0.6 is 0 Å². The molecule has 1 heterocycles.